The minimum absolute atomic E-state index is 0.0451. The summed E-state index contributed by atoms with van der Waals surface area (Å²) < 4.78 is 13.6. The Labute approximate surface area is 175 Å². The molecule has 1 N–H and O–H groups in total. The first-order valence-corrected chi connectivity index (χ1v) is 10.8. The van der Waals surface area contributed by atoms with Crippen LogP contribution in [-0.2, 0) is 9.59 Å². The zero-order chi connectivity index (χ0) is 21.0. The molecule has 0 bridgehead atoms. The molecule has 1 fully saturated rings. The van der Waals surface area contributed by atoms with Crippen molar-refractivity contribution < 1.29 is 14.0 Å². The number of hydrogen-bond donors (Lipinski definition) is 1. The topological polar surface area (TPSA) is 52.7 Å². The summed E-state index contributed by atoms with van der Waals surface area (Å²) in [7, 11) is 3.78. The second-order valence-corrected chi connectivity index (χ2v) is 8.26. The van der Waals surface area contributed by atoms with Gasteiger partial charge in [0.2, 0.25) is 11.8 Å². The molecule has 7 heteroatoms. The van der Waals surface area contributed by atoms with E-state index in [4.69, 9.17) is 0 Å². The number of carbonyl (C=O) groups excluding carboxylic acids is 2. The summed E-state index contributed by atoms with van der Waals surface area (Å²) >= 11 is 1.64. The van der Waals surface area contributed by atoms with Crippen molar-refractivity contribution in [1.29, 1.82) is 0 Å². The highest BCUT2D eigenvalue weighted by Gasteiger charge is 2.35. The second kappa shape index (κ2) is 9.41. The highest BCUT2D eigenvalue weighted by atomic mass is 32.2. The molecule has 3 rings (SSSR count). The smallest absolute Gasteiger partial charge is 0.227 e. The molecular weight excluding hydrogens is 389 g/mol. The molecule has 1 aliphatic heterocycles. The van der Waals surface area contributed by atoms with Crippen LogP contribution in [0.5, 0.6) is 0 Å². The molecule has 0 aliphatic carbocycles. The molecule has 0 spiro atoms. The fourth-order valence-electron chi connectivity index (χ4n) is 3.55. The maximum Gasteiger partial charge on any atom is 0.227 e. The molecule has 1 aliphatic rings. The molecule has 2 aromatic rings. The van der Waals surface area contributed by atoms with E-state index in [1.54, 1.807) is 22.7 Å². The van der Waals surface area contributed by atoms with Gasteiger partial charge in [0.05, 0.1) is 12.0 Å². The number of likely N-dealkylation sites (N-methyl/N-ethyl adjacent to an activating group) is 1. The summed E-state index contributed by atoms with van der Waals surface area (Å²) in [5, 5.41) is 2.95. The number of thioether (sulfide) groups is 1. The first kappa shape index (κ1) is 21.3. The van der Waals surface area contributed by atoms with E-state index < -0.39 is 5.92 Å². The number of benzene rings is 2. The van der Waals surface area contributed by atoms with Gasteiger partial charge in [0.1, 0.15) is 5.82 Å². The number of carbonyl (C=O) groups is 2. The Balaban J connectivity index is 1.62. The summed E-state index contributed by atoms with van der Waals surface area (Å²) in [4.78, 5) is 29.9. The summed E-state index contributed by atoms with van der Waals surface area (Å²) in [6.07, 6.45) is 2.20. The van der Waals surface area contributed by atoms with Crippen LogP contribution in [0.1, 0.15) is 18.0 Å². The van der Waals surface area contributed by atoms with Gasteiger partial charge in [-0.15, -0.1) is 11.8 Å². The maximum absolute atomic E-state index is 13.6. The molecule has 2 atom stereocenters. The van der Waals surface area contributed by atoms with Crippen LogP contribution < -0.4 is 10.2 Å². The highest BCUT2D eigenvalue weighted by molar-refractivity contribution is 7.98. The Morgan fingerprint density at radius 2 is 2.00 bits per heavy atom. The largest absolute Gasteiger partial charge is 0.354 e. The molecule has 0 aromatic heterocycles. The number of halogens is 1. The van der Waals surface area contributed by atoms with E-state index in [9.17, 15) is 14.0 Å². The van der Waals surface area contributed by atoms with Crippen LogP contribution in [0.4, 0.5) is 10.1 Å². The lowest BCUT2D eigenvalue weighted by molar-refractivity contribution is -0.126. The molecular formula is C22H26FN3O2S. The fourth-order valence-corrected chi connectivity index (χ4v) is 3.96. The van der Waals surface area contributed by atoms with Gasteiger partial charge in [-0.3, -0.25) is 9.59 Å². The van der Waals surface area contributed by atoms with Gasteiger partial charge in [0, 0.05) is 30.1 Å². The monoisotopic (exact) mass is 415 g/mol. The third kappa shape index (κ3) is 5.16. The van der Waals surface area contributed by atoms with Gasteiger partial charge in [-0.05, 0) is 62.3 Å². The second-order valence-electron chi connectivity index (χ2n) is 7.38. The van der Waals surface area contributed by atoms with Crippen molar-refractivity contribution >= 4 is 29.3 Å². The number of hydrogen-bond acceptors (Lipinski definition) is 4. The van der Waals surface area contributed by atoms with E-state index >= 15 is 0 Å². The van der Waals surface area contributed by atoms with E-state index in [0.29, 0.717) is 13.1 Å². The van der Waals surface area contributed by atoms with Crippen molar-refractivity contribution in [2.45, 2.75) is 17.4 Å². The van der Waals surface area contributed by atoms with E-state index in [0.717, 1.165) is 16.1 Å². The molecule has 0 unspecified atom stereocenters. The van der Waals surface area contributed by atoms with Gasteiger partial charge in [-0.2, -0.15) is 0 Å². The molecule has 2 aromatic carbocycles. The minimum atomic E-state index is -0.391. The van der Waals surface area contributed by atoms with Crippen molar-refractivity contribution in [2.24, 2.45) is 5.92 Å². The standard InChI is InChI=1S/C22H26FN3O2S/c1-25(2)20(15-5-4-6-17(23)11-15)13-24-22(28)16-12-21(27)26(14-16)18-7-9-19(29-3)10-8-18/h4-11,16,20H,12-14H2,1-3H3,(H,24,28)/t16-,20-/m0/s1. The van der Waals surface area contributed by atoms with Crippen molar-refractivity contribution in [3.05, 3.63) is 59.9 Å². The molecule has 154 valence electrons. The lowest BCUT2D eigenvalue weighted by Crippen LogP contribution is -2.38. The average molecular weight is 416 g/mol. The van der Waals surface area contributed by atoms with Crippen molar-refractivity contribution in [3.63, 3.8) is 0 Å². The lowest BCUT2D eigenvalue weighted by atomic mass is 10.0. The highest BCUT2D eigenvalue weighted by Crippen LogP contribution is 2.27. The maximum atomic E-state index is 13.6. The molecule has 2 amide bonds. The third-order valence-corrected chi connectivity index (χ3v) is 5.95. The van der Waals surface area contributed by atoms with Crippen LogP contribution in [0.15, 0.2) is 53.4 Å². The predicted molar refractivity (Wildman–Crippen MR) is 115 cm³/mol. The average Bonchev–Trinajstić information content (AvgIpc) is 3.09. The summed E-state index contributed by atoms with van der Waals surface area (Å²) in [6, 6.07) is 14.0. The molecule has 0 saturated carbocycles. The number of rotatable bonds is 7. The Hall–Kier alpha value is -2.38. The number of anilines is 1. The van der Waals surface area contributed by atoms with E-state index in [1.807, 2.05) is 55.6 Å². The summed E-state index contributed by atoms with van der Waals surface area (Å²) in [5.74, 6) is -0.885. The van der Waals surface area contributed by atoms with E-state index in [-0.39, 0.29) is 30.1 Å². The van der Waals surface area contributed by atoms with Gasteiger partial charge in [-0.25, -0.2) is 4.39 Å². The zero-order valence-corrected chi connectivity index (χ0v) is 17.7. The molecule has 0 radical (unpaired) electrons. The van der Waals surface area contributed by atoms with Gasteiger partial charge < -0.3 is 15.1 Å². The number of nitrogens with one attached hydrogen (secondary N) is 1. The Bertz CT molecular complexity index is 873. The van der Waals surface area contributed by atoms with Gasteiger partial charge in [0.25, 0.3) is 0 Å². The van der Waals surface area contributed by atoms with Crippen LogP contribution in [0, 0.1) is 11.7 Å². The lowest BCUT2D eigenvalue weighted by Gasteiger charge is -2.25. The summed E-state index contributed by atoms with van der Waals surface area (Å²) in [6.45, 7) is 0.721. The molecule has 1 heterocycles. The Kier molecular flexibility index (Phi) is 6.92. The zero-order valence-electron chi connectivity index (χ0n) is 16.9. The summed E-state index contributed by atoms with van der Waals surface area (Å²) in [5.41, 5.74) is 1.61. The first-order chi connectivity index (χ1) is 13.9. The quantitative estimate of drug-likeness (QED) is 0.705. The van der Waals surface area contributed by atoms with Crippen LogP contribution in [-0.4, -0.2) is 50.2 Å². The Morgan fingerprint density at radius 1 is 1.28 bits per heavy atom. The fraction of sp³-hybridized carbons (Fsp3) is 0.364. The number of amides is 2. The van der Waals surface area contributed by atoms with Crippen LogP contribution in [0.3, 0.4) is 0 Å². The Morgan fingerprint density at radius 3 is 2.62 bits per heavy atom. The van der Waals surface area contributed by atoms with Crippen LogP contribution in [0.2, 0.25) is 0 Å². The van der Waals surface area contributed by atoms with Crippen molar-refractivity contribution in [1.82, 2.24) is 10.2 Å². The van der Waals surface area contributed by atoms with Crippen LogP contribution >= 0.6 is 11.8 Å². The van der Waals surface area contributed by atoms with Crippen LogP contribution in [0.25, 0.3) is 0 Å². The minimum Gasteiger partial charge on any atom is -0.354 e. The molecule has 5 nitrogen and oxygen atoms in total. The normalized spacial score (nSPS) is 17.6. The SMILES string of the molecule is CSc1ccc(N2C[C@@H](C(=O)NC[C@@H](c3cccc(F)c3)N(C)C)CC2=O)cc1. The first-order valence-electron chi connectivity index (χ1n) is 9.53. The van der Waals surface area contributed by atoms with E-state index in [2.05, 4.69) is 5.32 Å². The predicted octanol–water partition coefficient (Wildman–Crippen LogP) is 3.32. The van der Waals surface area contributed by atoms with Gasteiger partial charge in [0.15, 0.2) is 0 Å². The van der Waals surface area contributed by atoms with Gasteiger partial charge in [-0.1, -0.05) is 12.1 Å². The van der Waals surface area contributed by atoms with Crippen molar-refractivity contribution in [3.8, 4) is 0 Å². The molecule has 1 saturated heterocycles. The van der Waals surface area contributed by atoms with Gasteiger partial charge >= 0.3 is 0 Å². The number of nitrogens with zero attached hydrogens (tertiary/aromatic N) is 2. The molecule has 29 heavy (non-hydrogen) atoms. The third-order valence-electron chi connectivity index (χ3n) is 5.21. The van der Waals surface area contributed by atoms with Crippen molar-refractivity contribution in [2.75, 3.05) is 38.3 Å². The van der Waals surface area contributed by atoms with E-state index in [1.165, 1.54) is 12.1 Å².